The fraction of sp³-hybridized carbons (Fsp3) is 0. The van der Waals surface area contributed by atoms with E-state index in [1.54, 1.807) is 35.2 Å². The van der Waals surface area contributed by atoms with E-state index >= 15 is 0 Å². The lowest BCUT2D eigenvalue weighted by Crippen LogP contribution is -2.26. The highest BCUT2D eigenvalue weighted by Gasteiger charge is 2.12. The molecule has 5 heteroatoms. The van der Waals surface area contributed by atoms with Gasteiger partial charge in [0, 0.05) is 11.6 Å². The van der Waals surface area contributed by atoms with Gasteiger partial charge in [-0.25, -0.2) is 4.98 Å². The summed E-state index contributed by atoms with van der Waals surface area (Å²) in [6.07, 6.45) is 5.12. The van der Waals surface area contributed by atoms with Gasteiger partial charge < -0.3 is 4.84 Å². The molecule has 0 aliphatic carbocycles. The maximum Gasteiger partial charge on any atom is 0.155 e. The van der Waals surface area contributed by atoms with Crippen molar-refractivity contribution in [3.05, 3.63) is 36.9 Å². The third-order valence-electron chi connectivity index (χ3n) is 1.91. The number of rotatable bonds is 1. The van der Waals surface area contributed by atoms with Crippen LogP contribution in [0, 0.1) is 0 Å². The lowest BCUT2D eigenvalue weighted by Gasteiger charge is -2.12. The minimum Gasteiger partial charge on any atom is -0.365 e. The molecule has 0 aromatic carbocycles. The number of fused-ring (bicyclic) bond motifs is 1. The molecule has 70 valence electrons. The number of hydrogen-bond acceptors (Lipinski definition) is 5. The number of hydrazine groups is 1. The van der Waals surface area contributed by atoms with Crippen molar-refractivity contribution in [3.8, 4) is 0 Å². The summed E-state index contributed by atoms with van der Waals surface area (Å²) >= 11 is 1.58. The van der Waals surface area contributed by atoms with Gasteiger partial charge in [0.05, 0.1) is 6.20 Å². The van der Waals surface area contributed by atoms with Gasteiger partial charge in [0.15, 0.2) is 5.00 Å². The molecule has 0 unspecified atom stereocenters. The summed E-state index contributed by atoms with van der Waals surface area (Å²) in [5.74, 6) is 0. The number of nitrogens with zero attached hydrogens (tertiary/aromatic N) is 2. The maximum atomic E-state index is 5.19. The van der Waals surface area contributed by atoms with E-state index in [0.717, 1.165) is 15.2 Å². The molecule has 0 saturated carbocycles. The lowest BCUT2D eigenvalue weighted by atomic mass is 10.3. The van der Waals surface area contributed by atoms with Crippen LogP contribution >= 0.6 is 11.3 Å². The third-order valence-corrected chi connectivity index (χ3v) is 2.93. The van der Waals surface area contributed by atoms with Gasteiger partial charge in [0.2, 0.25) is 0 Å². The number of anilines is 1. The summed E-state index contributed by atoms with van der Waals surface area (Å²) in [5, 5.41) is 3.72. The summed E-state index contributed by atoms with van der Waals surface area (Å²) in [5.41, 5.74) is 2.95. The van der Waals surface area contributed by atoms with Crippen molar-refractivity contribution in [2.45, 2.75) is 0 Å². The average Bonchev–Trinajstić information content (AvgIpc) is 2.86. The van der Waals surface area contributed by atoms with Gasteiger partial charge in [0.25, 0.3) is 0 Å². The largest absolute Gasteiger partial charge is 0.365 e. The standard InChI is InChI=1S/C9H7N3OS/c1-2-7-6-8(12-11-4-5-13-12)14-9(7)10-3-1/h1-6,11H. The molecule has 4 nitrogen and oxygen atoms in total. The summed E-state index contributed by atoms with van der Waals surface area (Å²) in [6, 6.07) is 5.99. The van der Waals surface area contributed by atoms with Gasteiger partial charge in [-0.05, 0) is 12.1 Å². The van der Waals surface area contributed by atoms with E-state index in [1.807, 2.05) is 18.2 Å². The van der Waals surface area contributed by atoms with Crippen LogP contribution in [0.25, 0.3) is 10.2 Å². The highest BCUT2D eigenvalue weighted by Crippen LogP contribution is 2.30. The fourth-order valence-electron chi connectivity index (χ4n) is 1.30. The number of pyridine rings is 1. The molecular formula is C9H7N3OS. The second kappa shape index (κ2) is 2.88. The molecule has 1 N–H and O–H groups in total. The molecule has 1 aliphatic rings. The molecule has 0 radical (unpaired) electrons. The molecule has 0 amide bonds. The van der Waals surface area contributed by atoms with Crippen LogP contribution in [0.1, 0.15) is 0 Å². The SMILES string of the molecule is C1=CON(c2cc3cccnc3s2)N1. The normalized spacial score (nSPS) is 14.4. The second-order valence-corrected chi connectivity index (χ2v) is 3.82. The Labute approximate surface area is 84.4 Å². The molecule has 0 atom stereocenters. The van der Waals surface area contributed by atoms with E-state index in [-0.39, 0.29) is 0 Å². The monoisotopic (exact) mass is 205 g/mol. The van der Waals surface area contributed by atoms with Crippen LogP contribution in [0.15, 0.2) is 36.9 Å². The number of nitrogens with one attached hydrogen (secondary N) is 1. The Morgan fingerprint density at radius 1 is 1.50 bits per heavy atom. The van der Waals surface area contributed by atoms with Crippen molar-refractivity contribution < 1.29 is 4.84 Å². The van der Waals surface area contributed by atoms with Gasteiger partial charge in [-0.15, -0.1) is 5.17 Å². The zero-order chi connectivity index (χ0) is 9.38. The molecule has 0 bridgehead atoms. The van der Waals surface area contributed by atoms with Crippen molar-refractivity contribution >= 4 is 26.6 Å². The molecule has 14 heavy (non-hydrogen) atoms. The van der Waals surface area contributed by atoms with E-state index in [4.69, 9.17) is 4.84 Å². The fourth-order valence-corrected chi connectivity index (χ4v) is 2.22. The quantitative estimate of drug-likeness (QED) is 0.773. The van der Waals surface area contributed by atoms with Gasteiger partial charge in [0.1, 0.15) is 11.1 Å². The van der Waals surface area contributed by atoms with Crippen LogP contribution in [0.5, 0.6) is 0 Å². The Kier molecular flexibility index (Phi) is 1.57. The highest BCUT2D eigenvalue weighted by atomic mass is 32.1. The minimum absolute atomic E-state index is 0.990. The Bertz CT molecular complexity index is 453. The number of aromatic nitrogens is 1. The van der Waals surface area contributed by atoms with Crippen molar-refractivity contribution in [3.63, 3.8) is 0 Å². The highest BCUT2D eigenvalue weighted by molar-refractivity contribution is 7.22. The Hall–Kier alpha value is -1.75. The molecular weight excluding hydrogens is 198 g/mol. The van der Waals surface area contributed by atoms with E-state index in [0.29, 0.717) is 0 Å². The molecule has 2 aromatic heterocycles. The van der Waals surface area contributed by atoms with Crippen LogP contribution in [0.4, 0.5) is 5.00 Å². The van der Waals surface area contributed by atoms with Crippen LogP contribution in [-0.4, -0.2) is 4.98 Å². The molecule has 3 rings (SSSR count). The predicted octanol–water partition coefficient (Wildman–Crippen LogP) is 2.02. The number of hydrogen-bond donors (Lipinski definition) is 1. The summed E-state index contributed by atoms with van der Waals surface area (Å²) in [7, 11) is 0. The van der Waals surface area contributed by atoms with E-state index < -0.39 is 0 Å². The van der Waals surface area contributed by atoms with Crippen LogP contribution in [0.3, 0.4) is 0 Å². The summed E-state index contributed by atoms with van der Waals surface area (Å²) in [6.45, 7) is 0. The van der Waals surface area contributed by atoms with Crippen molar-refractivity contribution in [1.82, 2.24) is 10.4 Å². The van der Waals surface area contributed by atoms with Gasteiger partial charge in [-0.2, -0.15) is 0 Å². The molecule has 3 heterocycles. The van der Waals surface area contributed by atoms with Crippen LogP contribution in [-0.2, 0) is 4.84 Å². The van der Waals surface area contributed by atoms with Crippen molar-refractivity contribution in [1.29, 1.82) is 0 Å². The Morgan fingerprint density at radius 3 is 3.29 bits per heavy atom. The first-order valence-electron chi connectivity index (χ1n) is 4.16. The number of thiophene rings is 1. The zero-order valence-corrected chi connectivity index (χ0v) is 7.99. The van der Waals surface area contributed by atoms with E-state index in [9.17, 15) is 0 Å². The molecule has 0 saturated heterocycles. The van der Waals surface area contributed by atoms with Crippen LogP contribution in [0.2, 0.25) is 0 Å². The lowest BCUT2D eigenvalue weighted by molar-refractivity contribution is 0.224. The first-order valence-corrected chi connectivity index (χ1v) is 4.98. The van der Waals surface area contributed by atoms with Crippen LogP contribution < -0.4 is 10.6 Å². The van der Waals surface area contributed by atoms with Gasteiger partial charge in [-0.1, -0.05) is 17.4 Å². The topological polar surface area (TPSA) is 37.4 Å². The Morgan fingerprint density at radius 2 is 2.50 bits per heavy atom. The maximum absolute atomic E-state index is 5.19. The minimum atomic E-state index is 0.990. The molecule has 0 fully saturated rings. The zero-order valence-electron chi connectivity index (χ0n) is 7.18. The van der Waals surface area contributed by atoms with E-state index in [2.05, 4.69) is 10.4 Å². The third kappa shape index (κ3) is 1.10. The summed E-state index contributed by atoms with van der Waals surface area (Å²) < 4.78 is 0. The predicted molar refractivity (Wildman–Crippen MR) is 55.5 cm³/mol. The Balaban J connectivity index is 2.05. The molecule has 0 spiro atoms. The average molecular weight is 205 g/mol. The first-order chi connectivity index (χ1) is 6.93. The second-order valence-electron chi connectivity index (χ2n) is 2.81. The molecule has 2 aromatic rings. The van der Waals surface area contributed by atoms with E-state index in [1.165, 1.54) is 0 Å². The van der Waals surface area contributed by atoms with Crippen molar-refractivity contribution in [2.24, 2.45) is 0 Å². The summed E-state index contributed by atoms with van der Waals surface area (Å²) in [4.78, 5) is 10.5. The van der Waals surface area contributed by atoms with Crippen molar-refractivity contribution in [2.75, 3.05) is 5.17 Å². The van der Waals surface area contributed by atoms with Gasteiger partial charge >= 0.3 is 0 Å². The smallest absolute Gasteiger partial charge is 0.155 e. The van der Waals surface area contributed by atoms with Gasteiger partial charge in [-0.3, -0.25) is 5.43 Å². The molecule has 1 aliphatic heterocycles. The first kappa shape index (κ1) is 7.64.